The lowest BCUT2D eigenvalue weighted by atomic mass is 10.5. The lowest BCUT2D eigenvalue weighted by Crippen LogP contribution is -2.07. The van der Waals surface area contributed by atoms with Crippen LogP contribution in [-0.2, 0) is 9.53 Å². The highest BCUT2D eigenvalue weighted by Crippen LogP contribution is 1.88. The maximum atomic E-state index is 10.5. The summed E-state index contributed by atoms with van der Waals surface area (Å²) in [5, 5.41) is 0. The molecule has 0 rings (SSSR count). The van der Waals surface area contributed by atoms with Gasteiger partial charge < -0.3 is 4.74 Å². The third-order valence-corrected chi connectivity index (χ3v) is 0.572. The molecule has 0 fully saturated rings. The van der Waals surface area contributed by atoms with E-state index in [-0.39, 0.29) is 12.1 Å². The zero-order valence-electron chi connectivity index (χ0n) is 5.68. The molecule has 0 aliphatic rings. The van der Waals surface area contributed by atoms with Gasteiger partial charge in [-0.05, 0) is 13.8 Å². The van der Waals surface area contributed by atoms with E-state index in [0.717, 1.165) is 0 Å². The molecule has 9 heavy (non-hydrogen) atoms. The summed E-state index contributed by atoms with van der Waals surface area (Å²) >= 11 is 0. The van der Waals surface area contributed by atoms with Gasteiger partial charge >= 0.3 is 5.97 Å². The summed E-state index contributed by atoms with van der Waals surface area (Å²) in [5.74, 6) is -0.389. The summed E-state index contributed by atoms with van der Waals surface area (Å²) < 4.78 is 4.69. The van der Waals surface area contributed by atoms with Crippen molar-refractivity contribution in [2.45, 2.75) is 20.0 Å². The Balaban J connectivity index is 3.64. The minimum absolute atomic E-state index is 0.0675. The lowest BCUT2D eigenvalue weighted by molar-refractivity contribution is -0.141. The molecule has 0 saturated carbocycles. The summed E-state index contributed by atoms with van der Waals surface area (Å²) in [6, 6.07) is 0. The third kappa shape index (κ3) is 4.85. The fraction of sp³-hybridized carbons (Fsp3) is 0.429. The molecule has 0 aliphatic heterocycles. The van der Waals surface area contributed by atoms with Crippen LogP contribution in [0.4, 0.5) is 0 Å². The number of carbonyl (C=O) groups excluding carboxylic acids is 1. The maximum Gasteiger partial charge on any atom is 0.338 e. The Hall–Kier alpha value is -1.01. The highest BCUT2D eigenvalue weighted by molar-refractivity contribution is 5.81. The largest absolute Gasteiger partial charge is 0.459 e. The van der Waals surface area contributed by atoms with Gasteiger partial charge in [0, 0.05) is 0 Å². The monoisotopic (exact) mass is 126 g/mol. The van der Waals surface area contributed by atoms with Crippen LogP contribution < -0.4 is 0 Å². The van der Waals surface area contributed by atoms with Crippen LogP contribution in [0.5, 0.6) is 0 Å². The molecule has 0 heterocycles. The van der Waals surface area contributed by atoms with Gasteiger partial charge in [-0.1, -0.05) is 6.58 Å². The van der Waals surface area contributed by atoms with E-state index in [4.69, 9.17) is 4.74 Å². The van der Waals surface area contributed by atoms with Crippen LogP contribution in [-0.4, -0.2) is 12.1 Å². The summed E-state index contributed by atoms with van der Waals surface area (Å²) in [6.07, 6.45) is 1.10. The summed E-state index contributed by atoms with van der Waals surface area (Å²) in [6.45, 7) is 6.80. The van der Waals surface area contributed by atoms with E-state index in [0.29, 0.717) is 0 Å². The Labute approximate surface area is 54.8 Å². The Kier molecular flexibility index (Phi) is 3.49. The van der Waals surface area contributed by atoms with E-state index in [1.54, 1.807) is 13.8 Å². The molecule has 2 heteroatoms. The van der Waals surface area contributed by atoms with Crippen molar-refractivity contribution in [3.63, 3.8) is 0 Å². The first kappa shape index (κ1) is 7.99. The quantitative estimate of drug-likeness (QED) is 0.316. The number of hydrogen-bond donors (Lipinski definition) is 0. The first-order valence-corrected chi connectivity index (χ1v) is 2.73. The SMILES string of the molecule is C=C=CC(=O)OC(C)C. The normalized spacial score (nSPS) is 8.33. The van der Waals surface area contributed by atoms with Gasteiger partial charge in [0.2, 0.25) is 0 Å². The number of rotatable bonds is 2. The molecule has 0 aromatic heterocycles. The molecule has 0 N–H and O–H groups in total. The van der Waals surface area contributed by atoms with Crippen molar-refractivity contribution in [3.8, 4) is 0 Å². The van der Waals surface area contributed by atoms with E-state index in [1.807, 2.05) is 0 Å². The Morgan fingerprint density at radius 2 is 2.33 bits per heavy atom. The second-order valence-electron chi connectivity index (χ2n) is 1.83. The van der Waals surface area contributed by atoms with Gasteiger partial charge in [0.25, 0.3) is 0 Å². The van der Waals surface area contributed by atoms with Crippen molar-refractivity contribution in [1.82, 2.24) is 0 Å². The van der Waals surface area contributed by atoms with Crippen molar-refractivity contribution in [1.29, 1.82) is 0 Å². The van der Waals surface area contributed by atoms with Crippen molar-refractivity contribution < 1.29 is 9.53 Å². The predicted molar refractivity (Wildman–Crippen MR) is 34.9 cm³/mol. The average molecular weight is 126 g/mol. The molecule has 0 aromatic rings. The van der Waals surface area contributed by atoms with Gasteiger partial charge in [-0.2, -0.15) is 0 Å². The number of ether oxygens (including phenoxy) is 1. The molecule has 0 bridgehead atoms. The first-order chi connectivity index (χ1) is 4.16. The predicted octanol–water partition coefficient (Wildman–Crippen LogP) is 1.28. The van der Waals surface area contributed by atoms with E-state index in [2.05, 4.69) is 12.3 Å². The average Bonchev–Trinajstić information content (AvgIpc) is 1.63. The Morgan fingerprint density at radius 1 is 1.78 bits per heavy atom. The summed E-state index contributed by atoms with van der Waals surface area (Å²) in [4.78, 5) is 10.5. The molecule has 0 saturated heterocycles. The van der Waals surface area contributed by atoms with Gasteiger partial charge in [-0.25, -0.2) is 4.79 Å². The molecule has 0 unspecified atom stereocenters. The number of esters is 1. The molecular formula is C7H10O2. The van der Waals surface area contributed by atoms with E-state index >= 15 is 0 Å². The maximum absolute atomic E-state index is 10.5. The Bertz CT molecular complexity index is 141. The van der Waals surface area contributed by atoms with Crippen molar-refractivity contribution >= 4 is 5.97 Å². The molecule has 0 aliphatic carbocycles. The molecule has 0 spiro atoms. The van der Waals surface area contributed by atoms with E-state index in [9.17, 15) is 4.79 Å². The number of hydrogen-bond acceptors (Lipinski definition) is 2. The van der Waals surface area contributed by atoms with Crippen molar-refractivity contribution in [2.24, 2.45) is 0 Å². The van der Waals surface area contributed by atoms with Gasteiger partial charge in [0.15, 0.2) is 0 Å². The first-order valence-electron chi connectivity index (χ1n) is 2.73. The number of carbonyl (C=O) groups is 1. The van der Waals surface area contributed by atoms with Crippen LogP contribution in [0.3, 0.4) is 0 Å². The highest BCUT2D eigenvalue weighted by atomic mass is 16.5. The van der Waals surface area contributed by atoms with Gasteiger partial charge in [-0.15, -0.1) is 5.73 Å². The molecular weight excluding hydrogens is 116 g/mol. The van der Waals surface area contributed by atoms with Crippen LogP contribution >= 0.6 is 0 Å². The molecule has 0 amide bonds. The molecule has 0 aromatic carbocycles. The van der Waals surface area contributed by atoms with Crippen LogP contribution in [0.15, 0.2) is 18.4 Å². The Morgan fingerprint density at radius 3 is 2.67 bits per heavy atom. The van der Waals surface area contributed by atoms with Crippen molar-refractivity contribution in [3.05, 3.63) is 18.4 Å². The van der Waals surface area contributed by atoms with E-state index < -0.39 is 0 Å². The van der Waals surface area contributed by atoms with Gasteiger partial charge in [0.1, 0.15) is 0 Å². The van der Waals surface area contributed by atoms with Crippen LogP contribution in [0.2, 0.25) is 0 Å². The minimum Gasteiger partial charge on any atom is -0.459 e. The zero-order valence-corrected chi connectivity index (χ0v) is 5.68. The summed E-state index contributed by atoms with van der Waals surface area (Å²) in [5.41, 5.74) is 2.32. The molecule has 2 nitrogen and oxygen atoms in total. The smallest absolute Gasteiger partial charge is 0.338 e. The molecule has 0 radical (unpaired) electrons. The minimum atomic E-state index is -0.389. The van der Waals surface area contributed by atoms with E-state index in [1.165, 1.54) is 6.08 Å². The van der Waals surface area contributed by atoms with Crippen LogP contribution in [0.25, 0.3) is 0 Å². The lowest BCUT2D eigenvalue weighted by Gasteiger charge is -2.02. The van der Waals surface area contributed by atoms with Crippen LogP contribution in [0, 0.1) is 0 Å². The fourth-order valence-corrected chi connectivity index (χ4v) is 0.350. The fourth-order valence-electron chi connectivity index (χ4n) is 0.350. The highest BCUT2D eigenvalue weighted by Gasteiger charge is 1.97. The second-order valence-corrected chi connectivity index (χ2v) is 1.83. The standard InChI is InChI=1S/C7H10O2/c1-4-5-7(8)9-6(2)3/h5-6H,1H2,2-3H3. The topological polar surface area (TPSA) is 26.3 Å². The van der Waals surface area contributed by atoms with Gasteiger partial charge in [-0.3, -0.25) is 0 Å². The van der Waals surface area contributed by atoms with Crippen LogP contribution in [0.1, 0.15) is 13.8 Å². The third-order valence-electron chi connectivity index (χ3n) is 0.572. The van der Waals surface area contributed by atoms with Gasteiger partial charge in [0.05, 0.1) is 12.2 Å². The zero-order chi connectivity index (χ0) is 7.28. The molecule has 50 valence electrons. The summed E-state index contributed by atoms with van der Waals surface area (Å²) in [7, 11) is 0. The van der Waals surface area contributed by atoms with Crippen molar-refractivity contribution in [2.75, 3.05) is 0 Å². The molecule has 0 atom stereocenters. The second kappa shape index (κ2) is 3.93.